The summed E-state index contributed by atoms with van der Waals surface area (Å²) in [6.07, 6.45) is 1.45. The van der Waals surface area contributed by atoms with Gasteiger partial charge >= 0.3 is 5.97 Å². The highest BCUT2D eigenvalue weighted by Crippen LogP contribution is 2.12. The van der Waals surface area contributed by atoms with E-state index in [1.807, 2.05) is 6.07 Å². The smallest absolute Gasteiger partial charge is 0.342 e. The fourth-order valence-electron chi connectivity index (χ4n) is 1.50. The highest BCUT2D eigenvalue weighted by molar-refractivity contribution is 5.90. The number of furan rings is 1. The maximum absolute atomic E-state index is 11.7. The Labute approximate surface area is 104 Å². The summed E-state index contributed by atoms with van der Waals surface area (Å²) in [4.78, 5) is 11.7. The number of rotatable bonds is 3. The molecule has 2 aromatic rings. The standard InChI is InChI=1S/C14H11NO3/c1-10-13(6-7-17-10)14(16)18-9-12-4-2-11(8-15)3-5-12/h2-7H,9H2,1H3. The Bertz CT molecular complexity index is 590. The third kappa shape index (κ3) is 2.58. The van der Waals surface area contributed by atoms with Crippen molar-refractivity contribution in [2.75, 3.05) is 0 Å². The van der Waals surface area contributed by atoms with Gasteiger partial charge in [0.2, 0.25) is 0 Å². The Morgan fingerprint density at radius 1 is 1.33 bits per heavy atom. The van der Waals surface area contributed by atoms with Crippen LogP contribution < -0.4 is 0 Å². The zero-order chi connectivity index (χ0) is 13.0. The molecule has 4 nitrogen and oxygen atoms in total. The first-order valence-corrected chi connectivity index (χ1v) is 5.41. The number of benzene rings is 1. The molecular formula is C14H11NO3. The number of carbonyl (C=O) groups excluding carboxylic acids is 1. The van der Waals surface area contributed by atoms with Crippen molar-refractivity contribution >= 4 is 5.97 Å². The number of ether oxygens (including phenoxy) is 1. The van der Waals surface area contributed by atoms with Crippen LogP contribution in [0.15, 0.2) is 41.0 Å². The minimum Gasteiger partial charge on any atom is -0.469 e. The summed E-state index contributed by atoms with van der Waals surface area (Å²) in [5.74, 6) is 0.130. The molecule has 0 unspecified atom stereocenters. The Morgan fingerprint density at radius 2 is 2.06 bits per heavy atom. The van der Waals surface area contributed by atoms with E-state index >= 15 is 0 Å². The van der Waals surface area contributed by atoms with E-state index in [1.54, 1.807) is 37.3 Å². The first-order chi connectivity index (χ1) is 8.70. The van der Waals surface area contributed by atoms with Gasteiger partial charge in [-0.05, 0) is 30.7 Å². The lowest BCUT2D eigenvalue weighted by molar-refractivity contribution is 0.0470. The van der Waals surface area contributed by atoms with E-state index < -0.39 is 5.97 Å². The van der Waals surface area contributed by atoms with Crippen LogP contribution in [0, 0.1) is 18.3 Å². The van der Waals surface area contributed by atoms with Crippen LogP contribution in [0.5, 0.6) is 0 Å². The van der Waals surface area contributed by atoms with Crippen LogP contribution in [0.4, 0.5) is 0 Å². The van der Waals surface area contributed by atoms with Crippen LogP contribution in [0.25, 0.3) is 0 Å². The molecule has 18 heavy (non-hydrogen) atoms. The van der Waals surface area contributed by atoms with Gasteiger partial charge in [0.05, 0.1) is 17.9 Å². The molecule has 0 atom stereocenters. The van der Waals surface area contributed by atoms with Crippen molar-refractivity contribution in [3.63, 3.8) is 0 Å². The molecule has 0 aliphatic rings. The molecule has 1 heterocycles. The zero-order valence-corrected chi connectivity index (χ0v) is 9.84. The molecule has 0 saturated heterocycles. The molecule has 0 saturated carbocycles. The maximum Gasteiger partial charge on any atom is 0.342 e. The normalized spacial score (nSPS) is 9.78. The fourth-order valence-corrected chi connectivity index (χ4v) is 1.50. The van der Waals surface area contributed by atoms with Gasteiger partial charge in [0.15, 0.2) is 0 Å². The Balaban J connectivity index is 1.97. The second-order valence-corrected chi connectivity index (χ2v) is 3.78. The first kappa shape index (κ1) is 11.9. The average Bonchev–Trinajstić information content (AvgIpc) is 2.83. The van der Waals surface area contributed by atoms with Crippen LogP contribution in [0.2, 0.25) is 0 Å². The Kier molecular flexibility index (Phi) is 3.44. The molecule has 0 fully saturated rings. The predicted molar refractivity (Wildman–Crippen MR) is 63.7 cm³/mol. The van der Waals surface area contributed by atoms with E-state index in [0.29, 0.717) is 16.9 Å². The highest BCUT2D eigenvalue weighted by atomic mass is 16.5. The van der Waals surface area contributed by atoms with E-state index in [1.165, 1.54) is 6.26 Å². The number of hydrogen-bond acceptors (Lipinski definition) is 4. The largest absolute Gasteiger partial charge is 0.469 e. The minimum absolute atomic E-state index is 0.176. The number of esters is 1. The number of nitrogens with zero attached hydrogens (tertiary/aromatic N) is 1. The van der Waals surface area contributed by atoms with Crippen LogP contribution in [-0.2, 0) is 11.3 Å². The van der Waals surface area contributed by atoms with Crippen LogP contribution in [-0.4, -0.2) is 5.97 Å². The second kappa shape index (κ2) is 5.19. The molecular weight excluding hydrogens is 230 g/mol. The van der Waals surface area contributed by atoms with Gasteiger partial charge in [0.25, 0.3) is 0 Å². The average molecular weight is 241 g/mol. The number of carbonyl (C=O) groups is 1. The molecule has 2 rings (SSSR count). The van der Waals surface area contributed by atoms with Gasteiger partial charge in [-0.15, -0.1) is 0 Å². The summed E-state index contributed by atoms with van der Waals surface area (Å²) < 4.78 is 10.2. The van der Waals surface area contributed by atoms with E-state index in [0.717, 1.165) is 5.56 Å². The number of aryl methyl sites for hydroxylation is 1. The Hall–Kier alpha value is -2.54. The van der Waals surface area contributed by atoms with Gasteiger partial charge in [-0.2, -0.15) is 5.26 Å². The lowest BCUT2D eigenvalue weighted by Crippen LogP contribution is -2.05. The van der Waals surface area contributed by atoms with E-state index in [2.05, 4.69) is 0 Å². The molecule has 0 spiro atoms. The Morgan fingerprint density at radius 3 is 2.61 bits per heavy atom. The van der Waals surface area contributed by atoms with Gasteiger partial charge in [-0.25, -0.2) is 4.79 Å². The van der Waals surface area contributed by atoms with E-state index in [9.17, 15) is 4.79 Å². The van der Waals surface area contributed by atoms with Gasteiger partial charge in [0.1, 0.15) is 17.9 Å². The molecule has 0 amide bonds. The quantitative estimate of drug-likeness (QED) is 0.775. The van der Waals surface area contributed by atoms with Crippen molar-refractivity contribution in [3.8, 4) is 6.07 Å². The molecule has 0 radical (unpaired) electrons. The molecule has 0 aliphatic heterocycles. The second-order valence-electron chi connectivity index (χ2n) is 3.78. The third-order valence-electron chi connectivity index (χ3n) is 2.53. The monoisotopic (exact) mass is 241 g/mol. The van der Waals surface area contributed by atoms with Gasteiger partial charge in [-0.1, -0.05) is 12.1 Å². The summed E-state index contributed by atoms with van der Waals surface area (Å²) in [5.41, 5.74) is 1.85. The fraction of sp³-hybridized carbons (Fsp3) is 0.143. The van der Waals surface area contributed by atoms with Crippen molar-refractivity contribution in [1.82, 2.24) is 0 Å². The maximum atomic E-state index is 11.7. The van der Waals surface area contributed by atoms with E-state index in [-0.39, 0.29) is 6.61 Å². The summed E-state index contributed by atoms with van der Waals surface area (Å²) >= 11 is 0. The molecule has 1 aromatic heterocycles. The van der Waals surface area contributed by atoms with Crippen molar-refractivity contribution in [1.29, 1.82) is 5.26 Å². The van der Waals surface area contributed by atoms with E-state index in [4.69, 9.17) is 14.4 Å². The van der Waals surface area contributed by atoms with Crippen molar-refractivity contribution in [2.45, 2.75) is 13.5 Å². The number of nitriles is 1. The third-order valence-corrected chi connectivity index (χ3v) is 2.53. The van der Waals surface area contributed by atoms with Gasteiger partial charge in [0, 0.05) is 0 Å². The van der Waals surface area contributed by atoms with Crippen molar-refractivity contribution in [3.05, 3.63) is 59.0 Å². The molecule has 0 aliphatic carbocycles. The molecule has 0 N–H and O–H groups in total. The summed E-state index contributed by atoms with van der Waals surface area (Å²) in [7, 11) is 0. The first-order valence-electron chi connectivity index (χ1n) is 5.41. The zero-order valence-electron chi connectivity index (χ0n) is 9.84. The van der Waals surface area contributed by atoms with Crippen LogP contribution in [0.1, 0.15) is 27.2 Å². The predicted octanol–water partition coefficient (Wildman–Crippen LogP) is 2.82. The number of hydrogen-bond donors (Lipinski definition) is 0. The van der Waals surface area contributed by atoms with Crippen LogP contribution in [0.3, 0.4) is 0 Å². The van der Waals surface area contributed by atoms with Crippen molar-refractivity contribution < 1.29 is 13.9 Å². The topological polar surface area (TPSA) is 63.2 Å². The highest BCUT2D eigenvalue weighted by Gasteiger charge is 2.12. The molecule has 4 heteroatoms. The van der Waals surface area contributed by atoms with Crippen molar-refractivity contribution in [2.24, 2.45) is 0 Å². The van der Waals surface area contributed by atoms with Gasteiger partial charge < -0.3 is 9.15 Å². The molecule has 0 bridgehead atoms. The SMILES string of the molecule is Cc1occc1C(=O)OCc1ccc(C#N)cc1. The lowest BCUT2D eigenvalue weighted by Gasteiger charge is -2.04. The summed E-state index contributed by atoms with van der Waals surface area (Å²) in [5, 5.41) is 8.66. The summed E-state index contributed by atoms with van der Waals surface area (Å²) in [6, 6.07) is 10.5. The van der Waals surface area contributed by atoms with Crippen LogP contribution >= 0.6 is 0 Å². The van der Waals surface area contributed by atoms with Gasteiger partial charge in [-0.3, -0.25) is 0 Å². The lowest BCUT2D eigenvalue weighted by atomic mass is 10.1. The molecule has 1 aromatic carbocycles. The minimum atomic E-state index is -0.411. The molecule has 90 valence electrons. The summed E-state index contributed by atoms with van der Waals surface area (Å²) in [6.45, 7) is 1.88.